The topological polar surface area (TPSA) is 54.0 Å². The van der Waals surface area contributed by atoms with E-state index in [2.05, 4.69) is 22.5 Å². The molecule has 1 rings (SSSR count). The van der Waals surface area contributed by atoms with Crippen LogP contribution in [0.5, 0.6) is 0 Å². The molecule has 0 aliphatic carbocycles. The lowest BCUT2D eigenvalue weighted by Crippen LogP contribution is -2.25. The van der Waals surface area contributed by atoms with Gasteiger partial charge in [0.05, 0.1) is 5.56 Å². The first-order chi connectivity index (χ1) is 7.79. The quantitative estimate of drug-likeness (QED) is 0.723. The smallest absolute Gasteiger partial charge is 0.255 e. The Balaban J connectivity index is 2.52. The van der Waals surface area contributed by atoms with E-state index < -0.39 is 0 Å². The summed E-state index contributed by atoms with van der Waals surface area (Å²) >= 11 is 0. The zero-order valence-corrected chi connectivity index (χ0v) is 9.92. The first kappa shape index (κ1) is 12.5. The molecule has 4 heteroatoms. The molecule has 1 heterocycles. The third-order valence-electron chi connectivity index (χ3n) is 2.36. The molecule has 16 heavy (non-hydrogen) atoms. The zero-order valence-electron chi connectivity index (χ0n) is 9.92. The molecule has 4 nitrogen and oxygen atoms in total. The molecular formula is C12H19N3O. The molecular weight excluding hydrogens is 202 g/mol. The monoisotopic (exact) mass is 221 g/mol. The van der Waals surface area contributed by atoms with Crippen molar-refractivity contribution in [2.45, 2.75) is 26.2 Å². The molecule has 88 valence electrons. The van der Waals surface area contributed by atoms with Crippen molar-refractivity contribution in [3.63, 3.8) is 0 Å². The van der Waals surface area contributed by atoms with E-state index in [0.29, 0.717) is 11.4 Å². The summed E-state index contributed by atoms with van der Waals surface area (Å²) in [5, 5.41) is 5.80. The van der Waals surface area contributed by atoms with Gasteiger partial charge in [0, 0.05) is 19.8 Å². The van der Waals surface area contributed by atoms with Crippen molar-refractivity contribution in [3.05, 3.63) is 23.9 Å². The zero-order chi connectivity index (χ0) is 11.8. The minimum Gasteiger partial charge on any atom is -0.372 e. The average Bonchev–Trinajstić information content (AvgIpc) is 2.34. The van der Waals surface area contributed by atoms with Gasteiger partial charge in [0.25, 0.3) is 5.91 Å². The van der Waals surface area contributed by atoms with Crippen LogP contribution in [0.15, 0.2) is 18.3 Å². The van der Waals surface area contributed by atoms with Gasteiger partial charge in [0.1, 0.15) is 5.82 Å². The van der Waals surface area contributed by atoms with Gasteiger partial charge in [-0.25, -0.2) is 4.98 Å². The predicted molar refractivity (Wildman–Crippen MR) is 65.6 cm³/mol. The molecule has 0 fully saturated rings. The molecule has 1 aromatic rings. The van der Waals surface area contributed by atoms with E-state index in [1.54, 1.807) is 25.4 Å². The lowest BCUT2D eigenvalue weighted by atomic mass is 10.2. The number of rotatable bonds is 6. The van der Waals surface area contributed by atoms with Crippen molar-refractivity contribution < 1.29 is 4.79 Å². The van der Waals surface area contributed by atoms with Gasteiger partial charge in [-0.05, 0) is 18.6 Å². The molecule has 0 aromatic carbocycles. The Labute approximate surface area is 96.5 Å². The van der Waals surface area contributed by atoms with Crippen LogP contribution in [-0.4, -0.2) is 24.5 Å². The van der Waals surface area contributed by atoms with Crippen LogP contribution in [-0.2, 0) is 0 Å². The van der Waals surface area contributed by atoms with Crippen molar-refractivity contribution >= 4 is 11.7 Å². The van der Waals surface area contributed by atoms with E-state index in [-0.39, 0.29) is 5.91 Å². The number of pyridine rings is 1. The third-order valence-corrected chi connectivity index (χ3v) is 2.36. The van der Waals surface area contributed by atoms with Crippen molar-refractivity contribution in [1.29, 1.82) is 0 Å². The number of hydrogen-bond acceptors (Lipinski definition) is 3. The molecule has 0 atom stereocenters. The Morgan fingerprint density at radius 3 is 2.94 bits per heavy atom. The summed E-state index contributed by atoms with van der Waals surface area (Å²) in [5.41, 5.74) is 0.599. The first-order valence-electron chi connectivity index (χ1n) is 5.70. The highest BCUT2D eigenvalue weighted by Crippen LogP contribution is 2.09. The number of anilines is 1. The van der Waals surface area contributed by atoms with Crippen LogP contribution in [0.2, 0.25) is 0 Å². The lowest BCUT2D eigenvalue weighted by molar-refractivity contribution is 0.0953. The van der Waals surface area contributed by atoms with Crippen molar-refractivity contribution in [3.8, 4) is 0 Å². The first-order valence-corrected chi connectivity index (χ1v) is 5.70. The average molecular weight is 221 g/mol. The van der Waals surface area contributed by atoms with Crippen molar-refractivity contribution in [2.75, 3.05) is 18.9 Å². The largest absolute Gasteiger partial charge is 0.372 e. The summed E-state index contributed by atoms with van der Waals surface area (Å²) in [6.07, 6.45) is 4.99. The van der Waals surface area contributed by atoms with E-state index in [1.807, 2.05) is 0 Å². The molecule has 1 aromatic heterocycles. The summed E-state index contributed by atoms with van der Waals surface area (Å²) < 4.78 is 0. The Morgan fingerprint density at radius 1 is 1.44 bits per heavy atom. The maximum Gasteiger partial charge on any atom is 0.255 e. The fourth-order valence-corrected chi connectivity index (χ4v) is 1.46. The number of nitrogens with one attached hydrogen (secondary N) is 2. The number of hydrogen-bond donors (Lipinski definition) is 2. The van der Waals surface area contributed by atoms with Crippen LogP contribution in [0.1, 0.15) is 36.5 Å². The number of carbonyl (C=O) groups is 1. The van der Waals surface area contributed by atoms with E-state index in [9.17, 15) is 4.79 Å². The standard InChI is InChI=1S/C12H19N3O/c1-3-4-5-8-15-12(16)10-7-6-9-14-11(10)13-2/h6-7,9H,3-5,8H2,1-2H3,(H,13,14)(H,15,16). The molecule has 0 saturated carbocycles. The second-order valence-corrected chi connectivity index (χ2v) is 3.61. The highest BCUT2D eigenvalue weighted by Gasteiger charge is 2.09. The van der Waals surface area contributed by atoms with Gasteiger partial charge in [0.15, 0.2) is 0 Å². The van der Waals surface area contributed by atoms with Gasteiger partial charge in [-0.1, -0.05) is 19.8 Å². The molecule has 0 saturated heterocycles. The molecule has 0 bridgehead atoms. The third kappa shape index (κ3) is 3.53. The fourth-order valence-electron chi connectivity index (χ4n) is 1.46. The lowest BCUT2D eigenvalue weighted by Gasteiger charge is -2.08. The minimum absolute atomic E-state index is 0.0615. The van der Waals surface area contributed by atoms with Gasteiger partial charge < -0.3 is 10.6 Å². The van der Waals surface area contributed by atoms with E-state index in [1.165, 1.54) is 0 Å². The van der Waals surface area contributed by atoms with Crippen LogP contribution in [0.3, 0.4) is 0 Å². The predicted octanol–water partition coefficient (Wildman–Crippen LogP) is 2.04. The number of amides is 1. The molecule has 0 unspecified atom stereocenters. The van der Waals surface area contributed by atoms with Crippen LogP contribution < -0.4 is 10.6 Å². The van der Waals surface area contributed by atoms with Gasteiger partial charge in [-0.3, -0.25) is 4.79 Å². The number of unbranched alkanes of at least 4 members (excludes halogenated alkanes) is 2. The Bertz CT molecular complexity index is 339. The van der Waals surface area contributed by atoms with E-state index >= 15 is 0 Å². The molecule has 0 radical (unpaired) electrons. The highest BCUT2D eigenvalue weighted by atomic mass is 16.1. The summed E-state index contributed by atoms with van der Waals surface area (Å²) in [7, 11) is 1.76. The number of nitrogens with zero attached hydrogens (tertiary/aromatic N) is 1. The van der Waals surface area contributed by atoms with Crippen LogP contribution in [0, 0.1) is 0 Å². The second kappa shape index (κ2) is 6.82. The normalized spacial score (nSPS) is 9.88. The molecule has 0 aliphatic rings. The molecule has 1 amide bonds. The Morgan fingerprint density at radius 2 is 2.25 bits per heavy atom. The van der Waals surface area contributed by atoms with E-state index in [0.717, 1.165) is 25.8 Å². The molecule has 2 N–H and O–H groups in total. The minimum atomic E-state index is -0.0615. The van der Waals surface area contributed by atoms with Crippen LogP contribution in [0.4, 0.5) is 5.82 Å². The Kier molecular flexibility index (Phi) is 5.32. The number of aromatic nitrogens is 1. The van der Waals surface area contributed by atoms with Gasteiger partial charge >= 0.3 is 0 Å². The van der Waals surface area contributed by atoms with Crippen LogP contribution in [0.25, 0.3) is 0 Å². The molecule has 0 aliphatic heterocycles. The second-order valence-electron chi connectivity index (χ2n) is 3.61. The summed E-state index contributed by atoms with van der Waals surface area (Å²) in [4.78, 5) is 15.9. The van der Waals surface area contributed by atoms with Gasteiger partial charge in [-0.2, -0.15) is 0 Å². The summed E-state index contributed by atoms with van der Waals surface area (Å²) in [6, 6.07) is 3.54. The maximum atomic E-state index is 11.8. The Hall–Kier alpha value is -1.58. The molecule has 0 spiro atoms. The van der Waals surface area contributed by atoms with Crippen molar-refractivity contribution in [2.24, 2.45) is 0 Å². The van der Waals surface area contributed by atoms with Crippen LogP contribution >= 0.6 is 0 Å². The maximum absolute atomic E-state index is 11.8. The van der Waals surface area contributed by atoms with E-state index in [4.69, 9.17) is 0 Å². The summed E-state index contributed by atoms with van der Waals surface area (Å²) in [5.74, 6) is 0.559. The fraction of sp³-hybridized carbons (Fsp3) is 0.500. The highest BCUT2D eigenvalue weighted by molar-refractivity contribution is 5.98. The van der Waals surface area contributed by atoms with Gasteiger partial charge in [0.2, 0.25) is 0 Å². The van der Waals surface area contributed by atoms with Crippen molar-refractivity contribution in [1.82, 2.24) is 10.3 Å². The van der Waals surface area contributed by atoms with Gasteiger partial charge in [-0.15, -0.1) is 0 Å². The SMILES string of the molecule is CCCCCNC(=O)c1cccnc1NC. The summed E-state index contributed by atoms with van der Waals surface area (Å²) in [6.45, 7) is 2.87. The number of carbonyl (C=O) groups excluding carboxylic acids is 1.